The molecule has 0 aromatic heterocycles. The lowest BCUT2D eigenvalue weighted by Crippen LogP contribution is -2.40. The summed E-state index contributed by atoms with van der Waals surface area (Å²) < 4.78 is 13.2. The van der Waals surface area contributed by atoms with Gasteiger partial charge in [-0.15, -0.1) is 0 Å². The molecule has 0 aliphatic carbocycles. The number of fused-ring (bicyclic) bond motifs is 1. The van der Waals surface area contributed by atoms with E-state index in [4.69, 9.17) is 0 Å². The lowest BCUT2D eigenvalue weighted by molar-refractivity contribution is -0.124. The molecular formula is C18H17FN2O2. The number of anilines is 2. The maximum absolute atomic E-state index is 13.2. The van der Waals surface area contributed by atoms with Crippen LogP contribution in [0.25, 0.3) is 0 Å². The minimum atomic E-state index is -0.657. The lowest BCUT2D eigenvalue weighted by atomic mass is 9.86. The largest absolute Gasteiger partial charge is 0.324 e. The monoisotopic (exact) mass is 312 g/mol. The summed E-state index contributed by atoms with van der Waals surface area (Å²) in [7, 11) is 0. The van der Waals surface area contributed by atoms with E-state index in [1.54, 1.807) is 6.07 Å². The first-order chi connectivity index (χ1) is 10.9. The number of rotatable bonds is 3. The van der Waals surface area contributed by atoms with Crippen LogP contribution < -0.4 is 10.2 Å². The van der Waals surface area contributed by atoms with Crippen molar-refractivity contribution in [2.75, 3.05) is 16.8 Å². The van der Waals surface area contributed by atoms with E-state index in [0.29, 0.717) is 5.69 Å². The fourth-order valence-corrected chi connectivity index (χ4v) is 2.87. The third kappa shape index (κ3) is 2.70. The molecule has 1 aliphatic rings. The molecule has 1 N–H and O–H groups in total. The molecule has 1 heterocycles. The quantitative estimate of drug-likeness (QED) is 0.947. The van der Waals surface area contributed by atoms with Gasteiger partial charge in [-0.1, -0.05) is 24.3 Å². The van der Waals surface area contributed by atoms with Crippen molar-refractivity contribution < 1.29 is 14.0 Å². The van der Waals surface area contributed by atoms with Gasteiger partial charge < -0.3 is 10.2 Å². The van der Waals surface area contributed by atoms with E-state index in [0.717, 1.165) is 11.3 Å². The second-order valence-corrected chi connectivity index (χ2v) is 6.09. The van der Waals surface area contributed by atoms with Gasteiger partial charge in [-0.2, -0.15) is 0 Å². The third-order valence-electron chi connectivity index (χ3n) is 4.06. The number of carbonyl (C=O) groups is 2. The van der Waals surface area contributed by atoms with Crippen LogP contribution in [0.1, 0.15) is 19.4 Å². The molecule has 3 rings (SSSR count). The Bertz CT molecular complexity index is 786. The summed E-state index contributed by atoms with van der Waals surface area (Å²) in [5.74, 6) is -0.906. The number of nitrogens with one attached hydrogen (secondary N) is 1. The van der Waals surface area contributed by atoms with E-state index in [-0.39, 0.29) is 18.4 Å². The molecule has 0 bridgehead atoms. The van der Waals surface area contributed by atoms with Crippen molar-refractivity contribution in [2.45, 2.75) is 19.3 Å². The number of para-hydroxylation sites is 1. The van der Waals surface area contributed by atoms with Crippen LogP contribution in [0.3, 0.4) is 0 Å². The van der Waals surface area contributed by atoms with Crippen molar-refractivity contribution in [3.63, 3.8) is 0 Å². The molecule has 2 amide bonds. The van der Waals surface area contributed by atoms with Gasteiger partial charge in [0.1, 0.15) is 12.4 Å². The predicted molar refractivity (Wildman–Crippen MR) is 86.9 cm³/mol. The number of nitrogens with zero attached hydrogens (tertiary/aromatic N) is 1. The molecule has 5 heteroatoms. The molecule has 0 radical (unpaired) electrons. The van der Waals surface area contributed by atoms with Crippen LogP contribution in [0.5, 0.6) is 0 Å². The van der Waals surface area contributed by atoms with E-state index >= 15 is 0 Å². The normalized spacial score (nSPS) is 15.4. The van der Waals surface area contributed by atoms with Gasteiger partial charge in [-0.3, -0.25) is 9.59 Å². The van der Waals surface area contributed by atoms with E-state index in [1.165, 1.54) is 23.1 Å². The Morgan fingerprint density at radius 3 is 2.65 bits per heavy atom. The highest BCUT2D eigenvalue weighted by atomic mass is 19.1. The minimum absolute atomic E-state index is 0.101. The second-order valence-electron chi connectivity index (χ2n) is 6.09. The fourth-order valence-electron chi connectivity index (χ4n) is 2.87. The van der Waals surface area contributed by atoms with Crippen LogP contribution in [0.15, 0.2) is 48.5 Å². The van der Waals surface area contributed by atoms with Crippen LogP contribution >= 0.6 is 0 Å². The molecule has 0 spiro atoms. The van der Waals surface area contributed by atoms with Gasteiger partial charge in [0.05, 0.1) is 5.41 Å². The number of hydrogen-bond acceptors (Lipinski definition) is 2. The van der Waals surface area contributed by atoms with E-state index in [1.807, 2.05) is 38.1 Å². The summed E-state index contributed by atoms with van der Waals surface area (Å²) in [6, 6.07) is 13.1. The summed E-state index contributed by atoms with van der Waals surface area (Å²) in [4.78, 5) is 26.3. The van der Waals surface area contributed by atoms with Crippen LogP contribution in [0.2, 0.25) is 0 Å². The second kappa shape index (κ2) is 5.50. The van der Waals surface area contributed by atoms with E-state index in [2.05, 4.69) is 5.32 Å². The average Bonchev–Trinajstić information content (AvgIpc) is 2.69. The topological polar surface area (TPSA) is 49.4 Å². The summed E-state index contributed by atoms with van der Waals surface area (Å²) in [6.45, 7) is 3.59. The molecule has 2 aromatic carbocycles. The van der Waals surface area contributed by atoms with Crippen LogP contribution in [-0.4, -0.2) is 18.4 Å². The molecule has 23 heavy (non-hydrogen) atoms. The molecule has 0 unspecified atom stereocenters. The van der Waals surface area contributed by atoms with Gasteiger partial charge in [-0.25, -0.2) is 4.39 Å². The Morgan fingerprint density at radius 1 is 1.17 bits per heavy atom. The lowest BCUT2D eigenvalue weighted by Gasteiger charge is -2.20. The standard InChI is InChI=1S/C18H17FN2O2/c1-18(2)14-8-3-4-9-15(14)21(17(18)23)11-16(22)20-13-7-5-6-12(19)10-13/h3-10H,11H2,1-2H3,(H,20,22). The van der Waals surface area contributed by atoms with E-state index in [9.17, 15) is 14.0 Å². The van der Waals surface area contributed by atoms with Crippen molar-refractivity contribution >= 4 is 23.2 Å². The molecule has 0 atom stereocenters. The molecule has 2 aromatic rings. The van der Waals surface area contributed by atoms with Gasteiger partial charge in [0.2, 0.25) is 11.8 Å². The average molecular weight is 312 g/mol. The summed E-state index contributed by atoms with van der Waals surface area (Å²) in [6.07, 6.45) is 0. The first-order valence-corrected chi connectivity index (χ1v) is 7.36. The van der Waals surface area contributed by atoms with Crippen molar-refractivity contribution in [3.8, 4) is 0 Å². The molecule has 0 fully saturated rings. The Morgan fingerprint density at radius 2 is 1.91 bits per heavy atom. The zero-order chi connectivity index (χ0) is 16.6. The zero-order valence-corrected chi connectivity index (χ0v) is 13.0. The molecule has 0 saturated heterocycles. The summed E-state index contributed by atoms with van der Waals surface area (Å²) >= 11 is 0. The Kier molecular flexibility index (Phi) is 3.64. The van der Waals surface area contributed by atoms with E-state index < -0.39 is 11.2 Å². The minimum Gasteiger partial charge on any atom is -0.324 e. The molecule has 118 valence electrons. The molecule has 1 aliphatic heterocycles. The maximum Gasteiger partial charge on any atom is 0.244 e. The number of halogens is 1. The first-order valence-electron chi connectivity index (χ1n) is 7.36. The van der Waals surface area contributed by atoms with Crippen molar-refractivity contribution in [1.82, 2.24) is 0 Å². The Labute approximate surface area is 133 Å². The van der Waals surface area contributed by atoms with Crippen molar-refractivity contribution in [1.29, 1.82) is 0 Å². The van der Waals surface area contributed by atoms with Gasteiger partial charge in [-0.05, 0) is 43.7 Å². The number of carbonyl (C=O) groups excluding carboxylic acids is 2. The van der Waals surface area contributed by atoms with Crippen LogP contribution in [0.4, 0.5) is 15.8 Å². The summed E-state index contributed by atoms with van der Waals surface area (Å²) in [5, 5.41) is 2.62. The van der Waals surface area contributed by atoms with Gasteiger partial charge in [0.25, 0.3) is 0 Å². The van der Waals surface area contributed by atoms with Gasteiger partial charge in [0, 0.05) is 11.4 Å². The first kappa shape index (κ1) is 15.2. The highest BCUT2D eigenvalue weighted by molar-refractivity contribution is 6.11. The van der Waals surface area contributed by atoms with Crippen LogP contribution in [-0.2, 0) is 15.0 Å². The SMILES string of the molecule is CC1(C)C(=O)N(CC(=O)Nc2cccc(F)c2)c2ccccc21. The van der Waals surface area contributed by atoms with Crippen molar-refractivity contribution in [2.24, 2.45) is 0 Å². The molecule has 4 nitrogen and oxygen atoms in total. The molecular weight excluding hydrogens is 295 g/mol. The zero-order valence-electron chi connectivity index (χ0n) is 13.0. The highest BCUT2D eigenvalue weighted by Gasteiger charge is 2.44. The number of hydrogen-bond donors (Lipinski definition) is 1. The highest BCUT2D eigenvalue weighted by Crippen LogP contribution is 2.40. The molecule has 0 saturated carbocycles. The van der Waals surface area contributed by atoms with Crippen LogP contribution in [0, 0.1) is 5.82 Å². The van der Waals surface area contributed by atoms with Gasteiger partial charge in [0.15, 0.2) is 0 Å². The Balaban J connectivity index is 1.80. The third-order valence-corrected chi connectivity index (χ3v) is 4.06. The summed E-state index contributed by atoms with van der Waals surface area (Å²) in [5.41, 5.74) is 1.37. The smallest absolute Gasteiger partial charge is 0.244 e. The number of benzene rings is 2. The van der Waals surface area contributed by atoms with Gasteiger partial charge >= 0.3 is 0 Å². The maximum atomic E-state index is 13.2. The fraction of sp³-hybridized carbons (Fsp3) is 0.222. The van der Waals surface area contributed by atoms with Crippen molar-refractivity contribution in [3.05, 3.63) is 59.9 Å². The number of amides is 2. The Hall–Kier alpha value is -2.69. The predicted octanol–water partition coefficient (Wildman–Crippen LogP) is 3.09.